The van der Waals surface area contributed by atoms with E-state index in [1.54, 1.807) is 38.5 Å². The van der Waals surface area contributed by atoms with Gasteiger partial charge in [-0.3, -0.25) is 9.59 Å². The normalized spacial score (nSPS) is 20.0. The molecule has 3 fully saturated rings. The van der Waals surface area contributed by atoms with Crippen molar-refractivity contribution < 1.29 is 47.2 Å². The monoisotopic (exact) mass is 702 g/mol. The van der Waals surface area contributed by atoms with Crippen molar-refractivity contribution in [2.45, 2.75) is 109 Å². The molecule has 0 bridgehead atoms. The Balaban J connectivity index is 0.000000303. The average molecular weight is 703 g/mol. The molecule has 0 aromatic heterocycles. The van der Waals surface area contributed by atoms with E-state index in [9.17, 15) is 19.2 Å². The number of carbonyl (C=O) groups excluding carboxylic acids is 4. The number of methoxy groups -OCH3 is 2. The molecule has 4 rings (SSSR count). The van der Waals surface area contributed by atoms with Gasteiger partial charge in [-0.05, 0) is 88.3 Å². The number of Topliss-reactive ketones (excluding diaryl/α,β-unsaturated/α-hetero) is 1. The molecule has 46 heavy (non-hydrogen) atoms. The lowest BCUT2D eigenvalue weighted by molar-refractivity contribution is -0.141. The predicted molar refractivity (Wildman–Crippen MR) is 183 cm³/mol. The van der Waals surface area contributed by atoms with Crippen LogP contribution in [0.15, 0.2) is 24.3 Å². The van der Waals surface area contributed by atoms with Crippen molar-refractivity contribution in [3.05, 3.63) is 35.4 Å². The van der Waals surface area contributed by atoms with Gasteiger partial charge in [0.2, 0.25) is 5.69 Å². The second-order valence-electron chi connectivity index (χ2n) is 12.5. The maximum atomic E-state index is 12.3. The molecule has 1 aromatic rings. The molecular weight excluding hydrogens is 651 g/mol. The highest BCUT2D eigenvalue weighted by Crippen LogP contribution is 2.66. The van der Waals surface area contributed by atoms with Gasteiger partial charge in [-0.15, -0.1) is 0 Å². The van der Waals surface area contributed by atoms with Gasteiger partial charge in [-0.25, -0.2) is 9.59 Å². The quantitative estimate of drug-likeness (QED) is 0.144. The number of carbonyl (C=O) groups is 4. The molecule has 1 saturated heterocycles. The molecule has 1 heterocycles. The van der Waals surface area contributed by atoms with E-state index in [0.29, 0.717) is 24.3 Å². The highest BCUT2D eigenvalue weighted by atomic mass is 32.9. The van der Waals surface area contributed by atoms with Crippen LogP contribution in [0.3, 0.4) is 0 Å². The van der Waals surface area contributed by atoms with Crippen LogP contribution in [0.25, 0.3) is 0 Å². The van der Waals surface area contributed by atoms with Crippen LogP contribution in [-0.2, 0) is 49.4 Å². The Morgan fingerprint density at radius 3 is 1.70 bits per heavy atom. The first-order chi connectivity index (χ1) is 21.8. The van der Waals surface area contributed by atoms with Crippen LogP contribution in [0.2, 0.25) is 0 Å². The molecule has 0 N–H and O–H groups in total. The number of ketones is 1. The minimum Gasteiger partial charge on any atom is -0.469 e. The largest absolute Gasteiger partial charge is 0.469 e. The van der Waals surface area contributed by atoms with Gasteiger partial charge in [-0.2, -0.15) is 0 Å². The van der Waals surface area contributed by atoms with E-state index >= 15 is 0 Å². The maximum Gasteiger partial charge on any atom is 0.338 e. The van der Waals surface area contributed by atoms with Crippen LogP contribution in [0.4, 0.5) is 0 Å². The molecule has 1 unspecified atom stereocenters. The summed E-state index contributed by atoms with van der Waals surface area (Å²) >= 11 is 6.52. The van der Waals surface area contributed by atoms with Crippen LogP contribution in [0.5, 0.6) is 0 Å². The number of ether oxygens (including phenoxy) is 4. The van der Waals surface area contributed by atoms with E-state index in [2.05, 4.69) is 9.47 Å². The average Bonchev–Trinajstić information content (AvgIpc) is 3.04. The van der Waals surface area contributed by atoms with Gasteiger partial charge in [0.25, 0.3) is 0 Å². The van der Waals surface area contributed by atoms with E-state index in [-0.39, 0.29) is 41.8 Å². The second kappa shape index (κ2) is 20.5. The Morgan fingerprint density at radius 1 is 0.870 bits per heavy atom. The minimum absolute atomic E-state index is 0.00893. The number of hydrogen-bond acceptors (Lipinski definition) is 12. The molecule has 1 aliphatic heterocycles. The van der Waals surface area contributed by atoms with Crippen molar-refractivity contribution >= 4 is 52.6 Å². The first-order valence-electron chi connectivity index (χ1n) is 15.9. The van der Waals surface area contributed by atoms with Gasteiger partial charge in [0.15, 0.2) is 0 Å². The van der Waals surface area contributed by atoms with Crippen LogP contribution in [0.1, 0.15) is 112 Å². The molecule has 0 spiro atoms. The van der Waals surface area contributed by atoms with Crippen LogP contribution < -0.4 is 0 Å². The zero-order valence-corrected chi connectivity index (χ0v) is 30.6. The molecule has 13 heteroatoms. The van der Waals surface area contributed by atoms with Crippen molar-refractivity contribution in [3.8, 4) is 0 Å². The molecule has 10 nitrogen and oxygen atoms in total. The van der Waals surface area contributed by atoms with Gasteiger partial charge >= 0.3 is 17.9 Å². The third-order valence-electron chi connectivity index (χ3n) is 7.50. The lowest BCUT2D eigenvalue weighted by atomic mass is 9.97. The minimum atomic E-state index is -2.55. The summed E-state index contributed by atoms with van der Waals surface area (Å²) in [4.78, 5) is 47.5. The molecule has 2 aliphatic carbocycles. The maximum absolute atomic E-state index is 12.3. The summed E-state index contributed by atoms with van der Waals surface area (Å²) in [5.74, 6) is -1.24. The summed E-state index contributed by atoms with van der Waals surface area (Å²) in [5, 5.41) is -0.570. The molecule has 1 atom stereocenters. The standard InChI is InChI=1S/C20H26O4.C11H19O5PS2.C2H6O/c21-19(23-17-10-3-1-4-11-17)15-8-7-9-16(14-15)20(22)24-18-12-5-2-6-13-18;1-8(12)9(5-10(13)14-4)19-17(18)15-6-11(2,3)7-16-17;1-3-2/h7-9,14,17-18H,1-6,10-13H2;9H,5-7H2,1-4H3;1-2H3. The SMILES string of the molecule is COC.COC(=O)CC(SP1(=S)OCC(C)(C)CO1)C(C)=O.O=C(OC1CCCCC1)c1cccc(C(=O)OC2CCCCC2)c1. The van der Waals surface area contributed by atoms with E-state index < -0.39 is 16.9 Å². The van der Waals surface area contributed by atoms with Gasteiger partial charge in [0.1, 0.15) is 18.0 Å². The summed E-state index contributed by atoms with van der Waals surface area (Å²) in [6, 6.07) is 6.70. The summed E-state index contributed by atoms with van der Waals surface area (Å²) < 4.78 is 31.2. The van der Waals surface area contributed by atoms with Crippen LogP contribution in [0, 0.1) is 5.41 Å². The van der Waals surface area contributed by atoms with Crippen LogP contribution >= 0.6 is 17.1 Å². The van der Waals surface area contributed by atoms with Gasteiger partial charge in [0.05, 0.1) is 43.1 Å². The van der Waals surface area contributed by atoms with E-state index in [0.717, 1.165) is 62.7 Å². The number of rotatable bonds is 9. The first kappa shape index (κ1) is 40.4. The van der Waals surface area contributed by atoms with Gasteiger partial charge in [0, 0.05) is 19.6 Å². The summed E-state index contributed by atoms with van der Waals surface area (Å²) in [7, 11) is 4.54. The van der Waals surface area contributed by atoms with Crippen molar-refractivity contribution in [1.82, 2.24) is 0 Å². The number of esters is 3. The first-order valence-corrected chi connectivity index (χ1v) is 20.0. The fraction of sp³-hybridized carbons (Fsp3) is 0.697. The van der Waals surface area contributed by atoms with Crippen molar-refractivity contribution in [1.29, 1.82) is 0 Å². The predicted octanol–water partition coefficient (Wildman–Crippen LogP) is 7.47. The smallest absolute Gasteiger partial charge is 0.338 e. The van der Waals surface area contributed by atoms with Gasteiger partial charge in [-0.1, -0.05) is 44.1 Å². The van der Waals surface area contributed by atoms with E-state index in [1.807, 2.05) is 13.8 Å². The van der Waals surface area contributed by atoms with Crippen LogP contribution in [-0.4, -0.2) is 75.7 Å². The molecule has 3 aliphatic rings. The molecule has 0 radical (unpaired) electrons. The lowest BCUT2D eigenvalue weighted by Gasteiger charge is -2.36. The molecular formula is C33H51O10PS2. The lowest BCUT2D eigenvalue weighted by Crippen LogP contribution is -2.29. The van der Waals surface area contributed by atoms with E-state index in [1.165, 1.54) is 26.9 Å². The van der Waals surface area contributed by atoms with E-state index in [4.69, 9.17) is 30.3 Å². The topological polar surface area (TPSA) is 124 Å². The highest BCUT2D eigenvalue weighted by Gasteiger charge is 2.37. The zero-order chi connectivity index (χ0) is 34.2. The fourth-order valence-electron chi connectivity index (χ4n) is 4.87. The van der Waals surface area contributed by atoms with Gasteiger partial charge < -0.3 is 28.0 Å². The Kier molecular flexibility index (Phi) is 18.0. The molecule has 2 saturated carbocycles. The second-order valence-corrected chi connectivity index (χ2v) is 18.9. The number of hydrogen-bond donors (Lipinski definition) is 0. The fourth-order valence-corrected chi connectivity index (χ4v) is 10.3. The summed E-state index contributed by atoms with van der Waals surface area (Å²) in [6.07, 6.45) is 10.7. The summed E-state index contributed by atoms with van der Waals surface area (Å²) in [5.41, 5.74) is -1.76. The third kappa shape index (κ3) is 14.9. The van der Waals surface area contributed by atoms with Crippen molar-refractivity contribution in [3.63, 3.8) is 0 Å². The zero-order valence-electron chi connectivity index (χ0n) is 28.1. The molecule has 0 amide bonds. The Morgan fingerprint density at radius 2 is 1.30 bits per heavy atom. The van der Waals surface area contributed by atoms with Crippen molar-refractivity contribution in [2.75, 3.05) is 34.5 Å². The Hall–Kier alpha value is -1.82. The Labute approximate surface area is 283 Å². The third-order valence-corrected chi connectivity index (χ3v) is 13.0. The molecule has 260 valence electrons. The van der Waals surface area contributed by atoms with Crippen molar-refractivity contribution in [2.24, 2.45) is 5.41 Å². The Bertz CT molecular complexity index is 1120. The molecule has 1 aromatic carbocycles. The summed E-state index contributed by atoms with van der Waals surface area (Å²) in [6.45, 7) is 6.47. The highest BCUT2D eigenvalue weighted by molar-refractivity contribution is 8.68. The number of benzene rings is 1.